The molecular formula is C18H23N3. The van der Waals surface area contributed by atoms with Gasteiger partial charge in [0.2, 0.25) is 0 Å². The van der Waals surface area contributed by atoms with Gasteiger partial charge in [0.25, 0.3) is 0 Å². The number of rotatable bonds is 4. The maximum atomic E-state index is 4.74. The van der Waals surface area contributed by atoms with Crippen molar-refractivity contribution in [2.24, 2.45) is 0 Å². The summed E-state index contributed by atoms with van der Waals surface area (Å²) in [4.78, 5) is 12.0. The highest BCUT2D eigenvalue weighted by Gasteiger charge is 2.09. The van der Waals surface area contributed by atoms with Crippen LogP contribution in [0.25, 0.3) is 17.1 Å². The van der Waals surface area contributed by atoms with Crippen LogP contribution in [0.2, 0.25) is 0 Å². The van der Waals surface area contributed by atoms with Gasteiger partial charge in [-0.25, -0.2) is 9.97 Å². The first-order valence-electron chi connectivity index (χ1n) is 7.87. The largest absolute Gasteiger partial charge is 0.303 e. The Morgan fingerprint density at radius 3 is 2.76 bits per heavy atom. The molecule has 0 spiro atoms. The summed E-state index contributed by atoms with van der Waals surface area (Å²) in [6, 6.07) is 6.17. The van der Waals surface area contributed by atoms with Gasteiger partial charge in [-0.1, -0.05) is 18.2 Å². The van der Waals surface area contributed by atoms with Crippen LogP contribution in [0, 0.1) is 13.8 Å². The van der Waals surface area contributed by atoms with Crippen LogP contribution in [0.5, 0.6) is 0 Å². The monoisotopic (exact) mass is 281 g/mol. The number of benzene rings is 1. The van der Waals surface area contributed by atoms with Crippen molar-refractivity contribution in [2.75, 3.05) is 19.6 Å². The zero-order valence-corrected chi connectivity index (χ0v) is 13.0. The van der Waals surface area contributed by atoms with Crippen LogP contribution in [-0.4, -0.2) is 34.5 Å². The molecule has 1 aromatic carbocycles. The van der Waals surface area contributed by atoms with Crippen molar-refractivity contribution >= 4 is 17.1 Å². The molecule has 2 heterocycles. The van der Waals surface area contributed by atoms with E-state index >= 15 is 0 Å². The Bertz CT molecular complexity index is 655. The topological polar surface area (TPSA) is 29.0 Å². The summed E-state index contributed by atoms with van der Waals surface area (Å²) in [6.45, 7) is 7.82. The molecule has 3 heteroatoms. The molecule has 21 heavy (non-hydrogen) atoms. The summed E-state index contributed by atoms with van der Waals surface area (Å²) in [7, 11) is 0. The molecule has 1 aliphatic heterocycles. The average Bonchev–Trinajstić information content (AvgIpc) is 2.98. The van der Waals surface area contributed by atoms with E-state index in [2.05, 4.69) is 30.0 Å². The van der Waals surface area contributed by atoms with Gasteiger partial charge in [-0.2, -0.15) is 0 Å². The van der Waals surface area contributed by atoms with Gasteiger partial charge < -0.3 is 4.90 Å². The zero-order chi connectivity index (χ0) is 14.7. The lowest BCUT2D eigenvalue weighted by atomic mass is 10.1. The molecule has 2 aromatic rings. The molecule has 0 bridgehead atoms. The Morgan fingerprint density at radius 2 is 1.95 bits per heavy atom. The van der Waals surface area contributed by atoms with Crippen LogP contribution in [0.3, 0.4) is 0 Å². The number of hydrogen-bond acceptors (Lipinski definition) is 3. The number of fused-ring (bicyclic) bond motifs is 1. The molecule has 1 aliphatic rings. The molecule has 3 rings (SSSR count). The molecular weight excluding hydrogens is 258 g/mol. The number of para-hydroxylation sites is 1. The van der Waals surface area contributed by atoms with Crippen molar-refractivity contribution in [1.29, 1.82) is 0 Å². The second kappa shape index (κ2) is 6.35. The van der Waals surface area contributed by atoms with E-state index in [4.69, 9.17) is 9.97 Å². The molecule has 110 valence electrons. The third-order valence-corrected chi connectivity index (χ3v) is 4.19. The van der Waals surface area contributed by atoms with Crippen molar-refractivity contribution < 1.29 is 0 Å². The predicted octanol–water partition coefficient (Wildman–Crippen LogP) is 3.75. The first kappa shape index (κ1) is 14.2. The van der Waals surface area contributed by atoms with Crippen molar-refractivity contribution in [2.45, 2.75) is 33.1 Å². The first-order valence-corrected chi connectivity index (χ1v) is 7.87. The van der Waals surface area contributed by atoms with Gasteiger partial charge in [0.05, 0.1) is 22.4 Å². The predicted molar refractivity (Wildman–Crippen MR) is 88.3 cm³/mol. The van der Waals surface area contributed by atoms with E-state index in [0.717, 1.165) is 35.4 Å². The molecule has 1 aromatic heterocycles. The van der Waals surface area contributed by atoms with Gasteiger partial charge in [0, 0.05) is 6.54 Å². The molecule has 0 saturated carbocycles. The number of hydrogen-bond donors (Lipinski definition) is 0. The lowest BCUT2D eigenvalue weighted by molar-refractivity contribution is 0.346. The zero-order valence-electron chi connectivity index (χ0n) is 13.0. The minimum atomic E-state index is 0.986. The fraction of sp³-hybridized carbons (Fsp3) is 0.444. The molecule has 0 aliphatic carbocycles. The van der Waals surface area contributed by atoms with Crippen molar-refractivity contribution in [3.05, 3.63) is 41.2 Å². The molecule has 0 radical (unpaired) electrons. The Morgan fingerprint density at radius 1 is 1.14 bits per heavy atom. The van der Waals surface area contributed by atoms with Gasteiger partial charge in [-0.15, -0.1) is 0 Å². The van der Waals surface area contributed by atoms with Crippen LogP contribution in [0.1, 0.15) is 36.2 Å². The van der Waals surface area contributed by atoms with Gasteiger partial charge in [0.15, 0.2) is 0 Å². The van der Waals surface area contributed by atoms with E-state index in [0.29, 0.717) is 0 Å². The third-order valence-electron chi connectivity index (χ3n) is 4.19. The lowest BCUT2D eigenvalue weighted by Gasteiger charge is -2.12. The lowest BCUT2D eigenvalue weighted by Crippen LogP contribution is -2.19. The van der Waals surface area contributed by atoms with E-state index in [1.807, 2.05) is 19.1 Å². The number of likely N-dealkylation sites (tertiary alicyclic amines) is 1. The molecule has 0 unspecified atom stereocenters. The van der Waals surface area contributed by atoms with E-state index in [1.54, 1.807) is 0 Å². The summed E-state index contributed by atoms with van der Waals surface area (Å²) in [6.07, 6.45) is 8.17. The van der Waals surface area contributed by atoms with Crippen molar-refractivity contribution in [3.63, 3.8) is 0 Å². The van der Waals surface area contributed by atoms with Crippen molar-refractivity contribution in [1.82, 2.24) is 14.9 Å². The van der Waals surface area contributed by atoms with Crippen LogP contribution in [0.15, 0.2) is 24.3 Å². The third kappa shape index (κ3) is 3.30. The quantitative estimate of drug-likeness (QED) is 0.854. The maximum Gasteiger partial charge on any atom is 0.0919 e. The van der Waals surface area contributed by atoms with E-state index in [9.17, 15) is 0 Å². The van der Waals surface area contributed by atoms with Gasteiger partial charge >= 0.3 is 0 Å². The fourth-order valence-electron chi connectivity index (χ4n) is 2.93. The summed E-state index contributed by atoms with van der Waals surface area (Å²) >= 11 is 0. The van der Waals surface area contributed by atoms with Gasteiger partial charge in [-0.3, -0.25) is 0 Å². The van der Waals surface area contributed by atoms with Crippen LogP contribution < -0.4 is 0 Å². The smallest absolute Gasteiger partial charge is 0.0919 e. The van der Waals surface area contributed by atoms with Crippen LogP contribution >= 0.6 is 0 Å². The van der Waals surface area contributed by atoms with E-state index in [1.165, 1.54) is 31.5 Å². The summed E-state index contributed by atoms with van der Waals surface area (Å²) in [5.41, 5.74) is 5.19. The number of aryl methyl sites for hydroxylation is 2. The standard InChI is InChI=1S/C18H23N3/c1-14-8-7-10-17-18(14)19-15(2)16(20-17)9-3-4-11-21-12-5-6-13-21/h3,7-10H,4-6,11-13H2,1-2H3. The molecule has 0 N–H and O–H groups in total. The Labute approximate surface area is 126 Å². The second-order valence-corrected chi connectivity index (χ2v) is 5.88. The minimum absolute atomic E-state index is 0.986. The molecule has 0 atom stereocenters. The Balaban J connectivity index is 1.72. The Kier molecular flexibility index (Phi) is 4.30. The van der Waals surface area contributed by atoms with Gasteiger partial charge in [-0.05, 0) is 63.9 Å². The molecule has 0 amide bonds. The second-order valence-electron chi connectivity index (χ2n) is 5.88. The van der Waals surface area contributed by atoms with E-state index in [-0.39, 0.29) is 0 Å². The Hall–Kier alpha value is -1.74. The minimum Gasteiger partial charge on any atom is -0.303 e. The summed E-state index contributed by atoms with van der Waals surface area (Å²) in [5, 5.41) is 0. The van der Waals surface area contributed by atoms with Crippen LogP contribution in [-0.2, 0) is 0 Å². The molecule has 3 nitrogen and oxygen atoms in total. The highest BCUT2D eigenvalue weighted by atomic mass is 15.1. The average molecular weight is 281 g/mol. The molecule has 1 saturated heterocycles. The molecule has 1 fully saturated rings. The summed E-state index contributed by atoms with van der Waals surface area (Å²) < 4.78 is 0. The van der Waals surface area contributed by atoms with E-state index < -0.39 is 0 Å². The first-order chi connectivity index (χ1) is 10.2. The van der Waals surface area contributed by atoms with Crippen molar-refractivity contribution in [3.8, 4) is 0 Å². The highest BCUT2D eigenvalue weighted by molar-refractivity contribution is 5.79. The number of nitrogens with zero attached hydrogens (tertiary/aromatic N) is 3. The highest BCUT2D eigenvalue weighted by Crippen LogP contribution is 2.17. The normalized spacial score (nSPS) is 16.3. The van der Waals surface area contributed by atoms with Crippen LogP contribution in [0.4, 0.5) is 0 Å². The van der Waals surface area contributed by atoms with Gasteiger partial charge in [0.1, 0.15) is 0 Å². The number of aromatic nitrogens is 2. The SMILES string of the molecule is Cc1nc2c(C)cccc2nc1C=CCCN1CCCC1. The summed E-state index contributed by atoms with van der Waals surface area (Å²) in [5.74, 6) is 0. The fourth-order valence-corrected chi connectivity index (χ4v) is 2.93. The maximum absolute atomic E-state index is 4.74.